The van der Waals surface area contributed by atoms with Crippen LogP contribution in [0.3, 0.4) is 0 Å². The minimum absolute atomic E-state index is 0.00400. The van der Waals surface area contributed by atoms with Crippen LogP contribution in [-0.2, 0) is 0 Å². The molecule has 2 amide bonds. The number of hydrogen-bond donors (Lipinski definition) is 2. The summed E-state index contributed by atoms with van der Waals surface area (Å²) < 4.78 is 0. The van der Waals surface area contributed by atoms with Gasteiger partial charge in [0, 0.05) is 24.2 Å². The van der Waals surface area contributed by atoms with Crippen molar-refractivity contribution in [3.63, 3.8) is 0 Å². The molecule has 0 heterocycles. The van der Waals surface area contributed by atoms with Gasteiger partial charge < -0.3 is 10.6 Å². The summed E-state index contributed by atoms with van der Waals surface area (Å²) in [7, 11) is 0. The van der Waals surface area contributed by atoms with Crippen molar-refractivity contribution in [3.8, 4) is 0 Å². The first-order valence-electron chi connectivity index (χ1n) is 10.3. The largest absolute Gasteiger partial charge is 0.352 e. The maximum Gasteiger partial charge on any atom is 0.251 e. The fraction of sp³-hybridized carbons (Fsp3) is 0.417. The van der Waals surface area contributed by atoms with E-state index in [2.05, 4.69) is 10.6 Å². The number of hydrogen-bond acceptors (Lipinski definition) is 2. The van der Waals surface area contributed by atoms with Gasteiger partial charge in [0.15, 0.2) is 0 Å². The molecule has 0 fully saturated rings. The van der Waals surface area contributed by atoms with Crippen molar-refractivity contribution < 1.29 is 9.59 Å². The fourth-order valence-corrected chi connectivity index (χ4v) is 2.97. The van der Waals surface area contributed by atoms with Gasteiger partial charge in [-0.15, -0.1) is 0 Å². The predicted molar refractivity (Wildman–Crippen MR) is 115 cm³/mol. The summed E-state index contributed by atoms with van der Waals surface area (Å²) in [5.41, 5.74) is 3.76. The van der Waals surface area contributed by atoms with E-state index in [1.807, 2.05) is 62.4 Å². The molecule has 28 heavy (non-hydrogen) atoms. The highest BCUT2D eigenvalue weighted by atomic mass is 16.2. The van der Waals surface area contributed by atoms with Crippen LogP contribution in [0.1, 0.15) is 70.4 Å². The lowest BCUT2D eigenvalue weighted by Gasteiger charge is -2.07. The van der Waals surface area contributed by atoms with Crippen LogP contribution in [0.4, 0.5) is 0 Å². The Hall–Kier alpha value is -2.62. The summed E-state index contributed by atoms with van der Waals surface area (Å²) in [6.45, 7) is 5.47. The molecule has 0 saturated heterocycles. The second-order valence-corrected chi connectivity index (χ2v) is 7.37. The summed E-state index contributed by atoms with van der Waals surface area (Å²) in [4.78, 5) is 24.0. The lowest BCUT2D eigenvalue weighted by Crippen LogP contribution is -2.24. The van der Waals surface area contributed by atoms with Crippen molar-refractivity contribution in [1.82, 2.24) is 10.6 Å². The molecular weight excluding hydrogens is 348 g/mol. The SMILES string of the molecule is Cc1ccc(C(=O)NCCCCCCCCNC(=O)c2ccc(C)cc2)cc1. The highest BCUT2D eigenvalue weighted by Crippen LogP contribution is 2.07. The maximum absolute atomic E-state index is 12.0. The molecule has 0 aliphatic rings. The van der Waals surface area contributed by atoms with Crippen LogP contribution in [0.25, 0.3) is 0 Å². The molecule has 0 aliphatic heterocycles. The van der Waals surface area contributed by atoms with Gasteiger partial charge in [-0.2, -0.15) is 0 Å². The molecule has 4 heteroatoms. The molecule has 4 nitrogen and oxygen atoms in total. The third-order valence-corrected chi connectivity index (χ3v) is 4.80. The van der Waals surface area contributed by atoms with E-state index in [-0.39, 0.29) is 11.8 Å². The molecular formula is C24H32N2O2. The van der Waals surface area contributed by atoms with Gasteiger partial charge in [-0.25, -0.2) is 0 Å². The van der Waals surface area contributed by atoms with Crippen molar-refractivity contribution in [1.29, 1.82) is 0 Å². The summed E-state index contributed by atoms with van der Waals surface area (Å²) >= 11 is 0. The Labute approximate surface area is 168 Å². The zero-order valence-corrected chi connectivity index (χ0v) is 17.1. The number of unbranched alkanes of at least 4 members (excludes halogenated alkanes) is 5. The van der Waals surface area contributed by atoms with Gasteiger partial charge in [0.25, 0.3) is 11.8 Å². The molecule has 0 radical (unpaired) electrons. The van der Waals surface area contributed by atoms with E-state index >= 15 is 0 Å². The molecule has 0 aromatic heterocycles. The molecule has 0 unspecified atom stereocenters. The van der Waals surface area contributed by atoms with Crippen LogP contribution in [0.2, 0.25) is 0 Å². The second kappa shape index (κ2) is 12.0. The quantitative estimate of drug-likeness (QED) is 0.550. The molecule has 2 rings (SSSR count). The Kier molecular flexibility index (Phi) is 9.26. The minimum atomic E-state index is 0.00400. The summed E-state index contributed by atoms with van der Waals surface area (Å²) in [5, 5.41) is 5.95. The topological polar surface area (TPSA) is 58.2 Å². The number of aryl methyl sites for hydroxylation is 2. The lowest BCUT2D eigenvalue weighted by atomic mass is 10.1. The van der Waals surface area contributed by atoms with E-state index in [4.69, 9.17) is 0 Å². The Balaban J connectivity index is 1.44. The molecule has 2 aromatic carbocycles. The first-order chi connectivity index (χ1) is 13.6. The van der Waals surface area contributed by atoms with Crippen LogP contribution >= 0.6 is 0 Å². The summed E-state index contributed by atoms with van der Waals surface area (Å²) in [6, 6.07) is 15.3. The van der Waals surface area contributed by atoms with Crippen molar-refractivity contribution >= 4 is 11.8 Å². The average molecular weight is 381 g/mol. The molecule has 2 aromatic rings. The van der Waals surface area contributed by atoms with Crippen LogP contribution in [0, 0.1) is 13.8 Å². The first kappa shape index (κ1) is 21.7. The molecule has 0 saturated carbocycles. The number of amides is 2. The van der Waals surface area contributed by atoms with E-state index in [0.29, 0.717) is 0 Å². The van der Waals surface area contributed by atoms with Crippen molar-refractivity contribution in [2.75, 3.05) is 13.1 Å². The highest BCUT2D eigenvalue weighted by molar-refractivity contribution is 5.94. The predicted octanol–water partition coefficient (Wildman–Crippen LogP) is 4.80. The molecule has 2 N–H and O–H groups in total. The molecule has 0 bridgehead atoms. The average Bonchev–Trinajstić information content (AvgIpc) is 2.70. The summed E-state index contributed by atoms with van der Waals surface area (Å²) in [6.07, 6.45) is 6.55. The number of carbonyl (C=O) groups is 2. The Morgan fingerprint density at radius 1 is 0.571 bits per heavy atom. The second-order valence-electron chi connectivity index (χ2n) is 7.37. The minimum Gasteiger partial charge on any atom is -0.352 e. The van der Waals surface area contributed by atoms with Crippen LogP contribution in [0.15, 0.2) is 48.5 Å². The zero-order chi connectivity index (χ0) is 20.2. The monoisotopic (exact) mass is 380 g/mol. The van der Waals surface area contributed by atoms with Crippen LogP contribution in [0.5, 0.6) is 0 Å². The number of carbonyl (C=O) groups excluding carboxylic acids is 2. The smallest absolute Gasteiger partial charge is 0.251 e. The number of benzene rings is 2. The third kappa shape index (κ3) is 7.95. The Morgan fingerprint density at radius 3 is 1.25 bits per heavy atom. The van der Waals surface area contributed by atoms with Crippen molar-refractivity contribution in [2.24, 2.45) is 0 Å². The fourth-order valence-electron chi connectivity index (χ4n) is 2.97. The standard InChI is InChI=1S/C24H32N2O2/c1-19-9-13-21(14-10-19)23(27)25-17-7-5-3-4-6-8-18-26-24(28)22-15-11-20(2)12-16-22/h9-16H,3-8,17-18H2,1-2H3,(H,25,27)(H,26,28). The third-order valence-electron chi connectivity index (χ3n) is 4.80. The van der Waals surface area contributed by atoms with E-state index in [1.165, 1.54) is 0 Å². The van der Waals surface area contributed by atoms with Crippen LogP contribution in [-0.4, -0.2) is 24.9 Å². The van der Waals surface area contributed by atoms with Crippen molar-refractivity contribution in [2.45, 2.75) is 52.4 Å². The van der Waals surface area contributed by atoms with Gasteiger partial charge in [-0.3, -0.25) is 9.59 Å². The van der Waals surface area contributed by atoms with E-state index in [0.717, 1.165) is 73.9 Å². The molecule has 150 valence electrons. The van der Waals surface area contributed by atoms with Gasteiger partial charge in [0.2, 0.25) is 0 Å². The zero-order valence-electron chi connectivity index (χ0n) is 17.1. The maximum atomic E-state index is 12.0. The number of nitrogens with one attached hydrogen (secondary N) is 2. The lowest BCUT2D eigenvalue weighted by molar-refractivity contribution is 0.0944. The molecule has 0 spiro atoms. The van der Waals surface area contributed by atoms with Gasteiger partial charge in [0.1, 0.15) is 0 Å². The van der Waals surface area contributed by atoms with E-state index in [1.54, 1.807) is 0 Å². The Bertz CT molecular complexity index is 671. The molecule has 0 atom stereocenters. The van der Waals surface area contributed by atoms with Gasteiger partial charge in [-0.05, 0) is 51.0 Å². The first-order valence-corrected chi connectivity index (χ1v) is 10.3. The highest BCUT2D eigenvalue weighted by Gasteiger charge is 2.04. The normalized spacial score (nSPS) is 10.5. The van der Waals surface area contributed by atoms with E-state index < -0.39 is 0 Å². The van der Waals surface area contributed by atoms with Crippen molar-refractivity contribution in [3.05, 3.63) is 70.8 Å². The number of rotatable bonds is 11. The van der Waals surface area contributed by atoms with E-state index in [9.17, 15) is 9.59 Å². The molecule has 0 aliphatic carbocycles. The van der Waals surface area contributed by atoms with Gasteiger partial charge in [0.05, 0.1) is 0 Å². The Morgan fingerprint density at radius 2 is 0.893 bits per heavy atom. The van der Waals surface area contributed by atoms with Gasteiger partial charge in [-0.1, -0.05) is 61.1 Å². The summed E-state index contributed by atoms with van der Waals surface area (Å²) in [5.74, 6) is 0.00800. The van der Waals surface area contributed by atoms with Crippen LogP contribution < -0.4 is 10.6 Å². The van der Waals surface area contributed by atoms with Gasteiger partial charge >= 0.3 is 0 Å².